The average molecular weight is 342 g/mol. The van der Waals surface area contributed by atoms with Gasteiger partial charge in [-0.1, -0.05) is 0 Å². The van der Waals surface area contributed by atoms with Gasteiger partial charge in [-0.2, -0.15) is 0 Å². The second-order valence-electron chi connectivity index (χ2n) is 6.44. The van der Waals surface area contributed by atoms with Gasteiger partial charge in [-0.15, -0.1) is 0 Å². The number of fused-ring (bicyclic) bond motifs is 1. The van der Waals surface area contributed by atoms with Crippen LogP contribution in [0.5, 0.6) is 0 Å². The smallest absolute Gasteiger partial charge is 0.257 e. The van der Waals surface area contributed by atoms with Crippen LogP contribution in [0.25, 0.3) is 0 Å². The van der Waals surface area contributed by atoms with Crippen LogP contribution in [0.3, 0.4) is 0 Å². The molecule has 4 heterocycles. The van der Waals surface area contributed by atoms with Gasteiger partial charge in [-0.25, -0.2) is 9.97 Å². The molecule has 0 atom stereocenters. The van der Waals surface area contributed by atoms with Gasteiger partial charge in [0, 0.05) is 38.3 Å². The number of aromatic nitrogens is 2. The first kappa shape index (κ1) is 16.1. The van der Waals surface area contributed by atoms with E-state index in [0.717, 1.165) is 43.3 Å². The van der Waals surface area contributed by atoms with Crippen molar-refractivity contribution in [3.63, 3.8) is 0 Å². The Morgan fingerprint density at radius 1 is 1.12 bits per heavy atom. The van der Waals surface area contributed by atoms with Crippen LogP contribution in [0.4, 0.5) is 5.95 Å². The van der Waals surface area contributed by atoms with Gasteiger partial charge in [0.15, 0.2) is 0 Å². The van der Waals surface area contributed by atoms with Gasteiger partial charge in [-0.3, -0.25) is 4.79 Å². The Labute approximate surface area is 146 Å². The third kappa shape index (κ3) is 3.24. The quantitative estimate of drug-likeness (QED) is 0.823. The number of amides is 1. The van der Waals surface area contributed by atoms with Crippen LogP contribution in [0.15, 0.2) is 23.0 Å². The Hall–Kier alpha value is -2.41. The third-order valence-corrected chi connectivity index (χ3v) is 4.89. The highest BCUT2D eigenvalue weighted by Crippen LogP contribution is 2.22. The summed E-state index contributed by atoms with van der Waals surface area (Å²) in [5.74, 6) is 0.801. The maximum Gasteiger partial charge on any atom is 0.257 e. The molecule has 25 heavy (non-hydrogen) atoms. The maximum absolute atomic E-state index is 12.6. The molecule has 2 aromatic heterocycles. The number of aryl methyl sites for hydroxylation is 1. The van der Waals surface area contributed by atoms with Crippen LogP contribution >= 0.6 is 0 Å². The first-order valence-corrected chi connectivity index (χ1v) is 8.73. The Bertz CT molecular complexity index is 754. The second-order valence-corrected chi connectivity index (χ2v) is 6.44. The fourth-order valence-corrected chi connectivity index (χ4v) is 3.45. The van der Waals surface area contributed by atoms with Crippen molar-refractivity contribution < 1.29 is 13.9 Å². The summed E-state index contributed by atoms with van der Waals surface area (Å²) in [6, 6.07) is 1.71. The summed E-state index contributed by atoms with van der Waals surface area (Å²) in [5, 5.41) is 0. The Morgan fingerprint density at radius 3 is 2.68 bits per heavy atom. The number of morpholine rings is 1. The minimum atomic E-state index is 0.0144. The summed E-state index contributed by atoms with van der Waals surface area (Å²) >= 11 is 0. The Balaban J connectivity index is 1.54. The molecule has 2 aliphatic heterocycles. The molecule has 1 amide bonds. The molecule has 2 aromatic rings. The standard InChI is InChI=1S/C18H22N4O3/c1-13-15-2-5-21(17(23)14-4-9-25-12-14)6-3-16(15)20-18(19-13)22-7-10-24-11-8-22/h4,9,12H,2-3,5-8,10-11H2,1H3. The van der Waals surface area contributed by atoms with Crippen LogP contribution in [0, 0.1) is 6.92 Å². The fourth-order valence-electron chi connectivity index (χ4n) is 3.45. The highest BCUT2D eigenvalue weighted by Gasteiger charge is 2.24. The zero-order valence-electron chi connectivity index (χ0n) is 14.4. The van der Waals surface area contributed by atoms with E-state index in [4.69, 9.17) is 19.1 Å². The number of nitrogens with zero attached hydrogens (tertiary/aromatic N) is 4. The summed E-state index contributed by atoms with van der Waals surface area (Å²) in [4.78, 5) is 26.2. The predicted molar refractivity (Wildman–Crippen MR) is 91.8 cm³/mol. The zero-order chi connectivity index (χ0) is 17.2. The number of ether oxygens (including phenoxy) is 1. The number of carbonyl (C=O) groups is 1. The van der Waals surface area contributed by atoms with Crippen LogP contribution in [-0.4, -0.2) is 60.2 Å². The molecule has 4 rings (SSSR count). The second kappa shape index (κ2) is 6.84. The van der Waals surface area contributed by atoms with E-state index < -0.39 is 0 Å². The van der Waals surface area contributed by atoms with Crippen molar-refractivity contribution in [2.75, 3.05) is 44.3 Å². The largest absolute Gasteiger partial charge is 0.472 e. The van der Waals surface area contributed by atoms with E-state index in [2.05, 4.69) is 4.90 Å². The molecule has 7 heteroatoms. The van der Waals surface area contributed by atoms with Crippen molar-refractivity contribution in [2.24, 2.45) is 0 Å². The zero-order valence-corrected chi connectivity index (χ0v) is 14.4. The summed E-state index contributed by atoms with van der Waals surface area (Å²) in [6.07, 6.45) is 4.57. The van der Waals surface area contributed by atoms with Crippen LogP contribution in [-0.2, 0) is 17.6 Å². The molecule has 132 valence electrons. The van der Waals surface area contributed by atoms with Crippen LogP contribution < -0.4 is 4.90 Å². The molecule has 1 fully saturated rings. The molecular formula is C18H22N4O3. The van der Waals surface area contributed by atoms with E-state index in [-0.39, 0.29) is 5.91 Å². The van der Waals surface area contributed by atoms with Gasteiger partial charge in [0.05, 0.1) is 30.7 Å². The lowest BCUT2D eigenvalue weighted by atomic mass is 10.1. The molecular weight excluding hydrogens is 320 g/mol. The number of hydrogen-bond acceptors (Lipinski definition) is 6. The summed E-state index contributed by atoms with van der Waals surface area (Å²) < 4.78 is 10.4. The number of furan rings is 1. The Kier molecular flexibility index (Phi) is 4.40. The Morgan fingerprint density at radius 2 is 1.92 bits per heavy atom. The van der Waals surface area contributed by atoms with E-state index in [1.807, 2.05) is 11.8 Å². The lowest BCUT2D eigenvalue weighted by Gasteiger charge is -2.27. The summed E-state index contributed by atoms with van der Waals surface area (Å²) in [6.45, 7) is 6.46. The van der Waals surface area contributed by atoms with Crippen molar-refractivity contribution in [1.29, 1.82) is 0 Å². The molecule has 0 N–H and O–H groups in total. The van der Waals surface area contributed by atoms with Gasteiger partial charge >= 0.3 is 0 Å². The molecule has 0 saturated carbocycles. The van der Waals surface area contributed by atoms with Crippen LogP contribution in [0.2, 0.25) is 0 Å². The SMILES string of the molecule is Cc1nc(N2CCOCC2)nc2c1CCN(C(=O)c1ccoc1)CC2. The molecule has 0 spiro atoms. The van der Waals surface area contributed by atoms with Gasteiger partial charge in [0.2, 0.25) is 5.95 Å². The maximum atomic E-state index is 12.6. The highest BCUT2D eigenvalue weighted by atomic mass is 16.5. The van der Waals surface area contributed by atoms with Gasteiger partial charge in [-0.05, 0) is 25.0 Å². The third-order valence-electron chi connectivity index (χ3n) is 4.89. The first-order valence-electron chi connectivity index (χ1n) is 8.73. The number of rotatable bonds is 2. The van der Waals surface area contributed by atoms with Gasteiger partial charge in [0.25, 0.3) is 5.91 Å². The van der Waals surface area contributed by atoms with E-state index in [9.17, 15) is 4.79 Å². The molecule has 7 nitrogen and oxygen atoms in total. The molecule has 2 aliphatic rings. The van der Waals surface area contributed by atoms with Crippen molar-refractivity contribution in [2.45, 2.75) is 19.8 Å². The lowest BCUT2D eigenvalue weighted by Crippen LogP contribution is -2.37. The van der Waals surface area contributed by atoms with Crippen molar-refractivity contribution in [1.82, 2.24) is 14.9 Å². The van der Waals surface area contributed by atoms with Crippen molar-refractivity contribution >= 4 is 11.9 Å². The molecule has 0 radical (unpaired) electrons. The van der Waals surface area contributed by atoms with Gasteiger partial charge < -0.3 is 19.0 Å². The van der Waals surface area contributed by atoms with E-state index in [1.165, 1.54) is 18.1 Å². The monoisotopic (exact) mass is 342 g/mol. The van der Waals surface area contributed by atoms with Gasteiger partial charge in [0.1, 0.15) is 6.26 Å². The summed E-state index contributed by atoms with van der Waals surface area (Å²) in [7, 11) is 0. The molecule has 1 saturated heterocycles. The van der Waals surface area contributed by atoms with E-state index >= 15 is 0 Å². The highest BCUT2D eigenvalue weighted by molar-refractivity contribution is 5.93. The summed E-state index contributed by atoms with van der Waals surface area (Å²) in [5.41, 5.74) is 3.86. The van der Waals surface area contributed by atoms with Crippen LogP contribution in [0.1, 0.15) is 27.3 Å². The van der Waals surface area contributed by atoms with Crippen molar-refractivity contribution in [3.05, 3.63) is 41.1 Å². The molecule has 0 aliphatic carbocycles. The van der Waals surface area contributed by atoms with E-state index in [0.29, 0.717) is 31.9 Å². The topological polar surface area (TPSA) is 71.7 Å². The minimum absolute atomic E-state index is 0.0144. The fraction of sp³-hybridized carbons (Fsp3) is 0.500. The number of hydrogen-bond donors (Lipinski definition) is 0. The molecule has 0 aromatic carbocycles. The number of anilines is 1. The normalized spacial score (nSPS) is 18.0. The minimum Gasteiger partial charge on any atom is -0.472 e. The number of carbonyl (C=O) groups excluding carboxylic acids is 1. The lowest BCUT2D eigenvalue weighted by molar-refractivity contribution is 0.0762. The average Bonchev–Trinajstić information content (AvgIpc) is 3.09. The van der Waals surface area contributed by atoms with Crippen molar-refractivity contribution in [3.8, 4) is 0 Å². The molecule has 0 unspecified atom stereocenters. The van der Waals surface area contributed by atoms with E-state index in [1.54, 1.807) is 6.07 Å². The predicted octanol–water partition coefficient (Wildman–Crippen LogP) is 1.46. The first-order chi connectivity index (χ1) is 12.2. The molecule has 0 bridgehead atoms.